The van der Waals surface area contributed by atoms with Gasteiger partial charge in [-0.15, -0.1) is 5.10 Å². The number of carbonyl (C=O) groups is 1. The highest BCUT2D eigenvalue weighted by Crippen LogP contribution is 2.19. The van der Waals surface area contributed by atoms with Crippen molar-refractivity contribution in [2.24, 2.45) is 0 Å². The summed E-state index contributed by atoms with van der Waals surface area (Å²) in [5.74, 6) is 1.84. The van der Waals surface area contributed by atoms with Gasteiger partial charge in [0.15, 0.2) is 0 Å². The molecule has 0 unspecified atom stereocenters. The third-order valence-corrected chi connectivity index (χ3v) is 3.69. The van der Waals surface area contributed by atoms with Crippen LogP contribution in [0.2, 0.25) is 0 Å². The number of fused-ring (bicyclic) bond motifs is 1. The van der Waals surface area contributed by atoms with Crippen molar-refractivity contribution in [1.29, 1.82) is 0 Å². The Labute approximate surface area is 143 Å². The quantitative estimate of drug-likeness (QED) is 0.619. The molecule has 1 aromatic carbocycles. The molecule has 0 aliphatic heterocycles. The van der Waals surface area contributed by atoms with Crippen LogP contribution in [0.4, 0.5) is 11.5 Å². The van der Waals surface area contributed by atoms with Crippen molar-refractivity contribution in [3.05, 3.63) is 66.1 Å². The lowest BCUT2D eigenvalue weighted by molar-refractivity contribution is 0.0960. The molecule has 124 valence electrons. The number of anilines is 2. The monoisotopic (exact) mass is 333 g/mol. The molecule has 8 heteroatoms. The summed E-state index contributed by atoms with van der Waals surface area (Å²) in [6.45, 7) is 3.73. The number of imidazole rings is 1. The lowest BCUT2D eigenvalue weighted by atomic mass is 10.2. The van der Waals surface area contributed by atoms with Gasteiger partial charge in [-0.05, 0) is 38.1 Å². The summed E-state index contributed by atoms with van der Waals surface area (Å²) in [4.78, 5) is 24.8. The van der Waals surface area contributed by atoms with Gasteiger partial charge in [0.05, 0.1) is 0 Å². The molecule has 0 aliphatic rings. The summed E-state index contributed by atoms with van der Waals surface area (Å²) in [5.41, 5.74) is 2.26. The molecule has 3 aromatic heterocycles. The highest BCUT2D eigenvalue weighted by molar-refractivity contribution is 5.96. The second kappa shape index (κ2) is 5.82. The zero-order valence-corrected chi connectivity index (χ0v) is 13.7. The van der Waals surface area contributed by atoms with Gasteiger partial charge in [0, 0.05) is 35.4 Å². The van der Waals surface area contributed by atoms with E-state index in [1.807, 2.05) is 32.0 Å². The summed E-state index contributed by atoms with van der Waals surface area (Å²) >= 11 is 0. The van der Waals surface area contributed by atoms with E-state index in [0.29, 0.717) is 17.2 Å². The average molecular weight is 333 g/mol. The van der Waals surface area contributed by atoms with E-state index in [-0.39, 0.29) is 5.91 Å². The molecule has 25 heavy (non-hydrogen) atoms. The zero-order chi connectivity index (χ0) is 17.4. The molecular formula is C17H15N7O. The predicted octanol–water partition coefficient (Wildman–Crippen LogP) is 2.37. The fraction of sp³-hybridized carbons (Fsp3) is 0.118. The Morgan fingerprint density at radius 1 is 1.12 bits per heavy atom. The van der Waals surface area contributed by atoms with Crippen LogP contribution in [0, 0.1) is 13.8 Å². The minimum absolute atomic E-state index is 0.127. The summed E-state index contributed by atoms with van der Waals surface area (Å²) in [7, 11) is 0. The fourth-order valence-electron chi connectivity index (χ4n) is 2.55. The van der Waals surface area contributed by atoms with Crippen molar-refractivity contribution in [3.63, 3.8) is 0 Å². The Morgan fingerprint density at radius 3 is 2.64 bits per heavy atom. The van der Waals surface area contributed by atoms with Crippen molar-refractivity contribution in [2.45, 2.75) is 13.8 Å². The molecule has 4 aromatic rings. The number of benzene rings is 1. The van der Waals surface area contributed by atoms with Crippen LogP contribution in [0.15, 0.2) is 49.1 Å². The average Bonchev–Trinajstić information content (AvgIpc) is 3.24. The van der Waals surface area contributed by atoms with Crippen molar-refractivity contribution in [2.75, 3.05) is 5.32 Å². The van der Waals surface area contributed by atoms with E-state index < -0.39 is 0 Å². The maximum absolute atomic E-state index is 12.3. The lowest BCUT2D eigenvalue weighted by Crippen LogP contribution is -2.09. The van der Waals surface area contributed by atoms with E-state index in [1.54, 1.807) is 29.0 Å². The molecule has 3 heterocycles. The van der Waals surface area contributed by atoms with Crippen LogP contribution >= 0.6 is 0 Å². The van der Waals surface area contributed by atoms with Crippen molar-refractivity contribution < 1.29 is 4.79 Å². The second-order valence-corrected chi connectivity index (χ2v) is 5.63. The molecule has 0 atom stereocenters. The molecular weight excluding hydrogens is 318 g/mol. The first kappa shape index (κ1) is 15.0. The van der Waals surface area contributed by atoms with Crippen molar-refractivity contribution >= 4 is 23.2 Å². The smallest absolute Gasteiger partial charge is 0.263 e. The van der Waals surface area contributed by atoms with E-state index in [2.05, 4.69) is 25.4 Å². The largest absolute Gasteiger partial charge is 0.340 e. The SMILES string of the molecule is Cc1cc(Nc2ccc(C(=O)n3ccnc3)cc2)n2nc(C)nc2n1. The maximum atomic E-state index is 12.3. The number of nitrogens with zero attached hydrogens (tertiary/aromatic N) is 6. The number of hydrogen-bond donors (Lipinski definition) is 1. The minimum Gasteiger partial charge on any atom is -0.340 e. The van der Waals surface area contributed by atoms with Gasteiger partial charge in [0.25, 0.3) is 11.7 Å². The lowest BCUT2D eigenvalue weighted by Gasteiger charge is -2.09. The minimum atomic E-state index is -0.127. The number of aromatic nitrogens is 6. The molecule has 1 N–H and O–H groups in total. The standard InChI is InChI=1S/C17H15N7O/c1-11-9-15(24-17(19-11)20-12(2)22-24)21-14-5-3-13(4-6-14)16(25)23-8-7-18-10-23/h3-10,21H,1-2H3. The molecule has 8 nitrogen and oxygen atoms in total. The third-order valence-electron chi connectivity index (χ3n) is 3.69. The van der Waals surface area contributed by atoms with E-state index in [1.165, 1.54) is 10.9 Å². The van der Waals surface area contributed by atoms with Crippen LogP contribution < -0.4 is 5.32 Å². The van der Waals surface area contributed by atoms with Crippen LogP contribution in [0.1, 0.15) is 21.9 Å². The topological polar surface area (TPSA) is 90.0 Å². The van der Waals surface area contributed by atoms with E-state index in [4.69, 9.17) is 0 Å². The first-order valence-electron chi connectivity index (χ1n) is 7.71. The first-order valence-corrected chi connectivity index (χ1v) is 7.71. The van der Waals surface area contributed by atoms with Crippen LogP contribution in [0.25, 0.3) is 5.78 Å². The van der Waals surface area contributed by atoms with Crippen LogP contribution in [0.5, 0.6) is 0 Å². The Morgan fingerprint density at radius 2 is 1.92 bits per heavy atom. The van der Waals surface area contributed by atoms with Gasteiger partial charge in [-0.1, -0.05) is 0 Å². The molecule has 4 rings (SSSR count). The molecule has 0 saturated carbocycles. The first-order chi connectivity index (χ1) is 12.1. The third kappa shape index (κ3) is 2.85. The van der Waals surface area contributed by atoms with Gasteiger partial charge in [0.1, 0.15) is 18.0 Å². The Kier molecular flexibility index (Phi) is 3.50. The number of aryl methyl sites for hydroxylation is 2. The van der Waals surface area contributed by atoms with Gasteiger partial charge in [-0.2, -0.15) is 9.50 Å². The molecule has 0 spiro atoms. The van der Waals surface area contributed by atoms with Gasteiger partial charge >= 0.3 is 0 Å². The van der Waals surface area contributed by atoms with Gasteiger partial charge in [-0.3, -0.25) is 9.36 Å². The zero-order valence-electron chi connectivity index (χ0n) is 13.7. The van der Waals surface area contributed by atoms with E-state index >= 15 is 0 Å². The fourth-order valence-corrected chi connectivity index (χ4v) is 2.55. The highest BCUT2D eigenvalue weighted by atomic mass is 16.2. The number of hydrogen-bond acceptors (Lipinski definition) is 6. The molecule has 0 amide bonds. The van der Waals surface area contributed by atoms with Gasteiger partial charge in [-0.25, -0.2) is 9.97 Å². The molecule has 0 bridgehead atoms. The molecule has 0 aliphatic carbocycles. The van der Waals surface area contributed by atoms with Crippen LogP contribution in [-0.4, -0.2) is 35.0 Å². The van der Waals surface area contributed by atoms with Gasteiger partial charge < -0.3 is 5.32 Å². The molecule has 0 saturated heterocycles. The van der Waals surface area contributed by atoms with Crippen LogP contribution in [-0.2, 0) is 0 Å². The van der Waals surface area contributed by atoms with Crippen molar-refractivity contribution in [1.82, 2.24) is 29.1 Å². The predicted molar refractivity (Wildman–Crippen MR) is 91.9 cm³/mol. The van der Waals surface area contributed by atoms with E-state index in [0.717, 1.165) is 17.2 Å². The summed E-state index contributed by atoms with van der Waals surface area (Å²) in [6.07, 6.45) is 4.68. The summed E-state index contributed by atoms with van der Waals surface area (Å²) in [5, 5.41) is 7.64. The number of carbonyl (C=O) groups excluding carboxylic acids is 1. The number of rotatable bonds is 3. The van der Waals surface area contributed by atoms with Crippen molar-refractivity contribution in [3.8, 4) is 0 Å². The van der Waals surface area contributed by atoms with Crippen LogP contribution in [0.3, 0.4) is 0 Å². The summed E-state index contributed by atoms with van der Waals surface area (Å²) in [6, 6.07) is 9.11. The maximum Gasteiger partial charge on any atom is 0.263 e. The molecule has 0 fully saturated rings. The normalized spacial score (nSPS) is 11.0. The second-order valence-electron chi connectivity index (χ2n) is 5.63. The summed E-state index contributed by atoms with van der Waals surface area (Å²) < 4.78 is 3.10. The Bertz CT molecular complexity index is 1050. The highest BCUT2D eigenvalue weighted by Gasteiger charge is 2.10. The Hall–Kier alpha value is -3.55. The number of nitrogens with one attached hydrogen (secondary N) is 1. The Balaban J connectivity index is 1.63. The van der Waals surface area contributed by atoms with Gasteiger partial charge in [0.2, 0.25) is 0 Å². The molecule has 0 radical (unpaired) electrons. The van der Waals surface area contributed by atoms with E-state index in [9.17, 15) is 4.79 Å².